The van der Waals surface area contributed by atoms with Gasteiger partial charge in [0.05, 0.1) is 5.69 Å². The van der Waals surface area contributed by atoms with Crippen LogP contribution in [0.3, 0.4) is 0 Å². The third-order valence-electron chi connectivity index (χ3n) is 2.47. The molecule has 0 unspecified atom stereocenters. The number of nitrogen functional groups attached to an aromatic ring is 1. The number of hydrogen-bond donors (Lipinski definition) is 1. The molecule has 0 atom stereocenters. The van der Waals surface area contributed by atoms with Crippen LogP contribution in [0.4, 0.5) is 10.1 Å². The molecule has 0 amide bonds. The summed E-state index contributed by atoms with van der Waals surface area (Å²) < 4.78 is 13.4. The van der Waals surface area contributed by atoms with Gasteiger partial charge in [-0.15, -0.1) is 0 Å². The predicted molar refractivity (Wildman–Crippen MR) is 67.8 cm³/mol. The van der Waals surface area contributed by atoms with Crippen molar-refractivity contribution >= 4 is 22.3 Å². The number of anilines is 1. The zero-order valence-electron chi connectivity index (χ0n) is 9.44. The number of aromatic nitrogens is 2. The van der Waals surface area contributed by atoms with Gasteiger partial charge in [-0.25, -0.2) is 14.4 Å². The molecule has 2 N–H and O–H groups in total. The normalized spacial score (nSPS) is 11.8. The molecular formula is C13H12FN3. The monoisotopic (exact) mass is 229 g/mol. The summed E-state index contributed by atoms with van der Waals surface area (Å²) >= 11 is 0. The van der Waals surface area contributed by atoms with Gasteiger partial charge in [-0.3, -0.25) is 0 Å². The zero-order valence-corrected chi connectivity index (χ0v) is 9.44. The van der Waals surface area contributed by atoms with Crippen molar-refractivity contribution in [2.45, 2.75) is 6.92 Å². The number of fused-ring (bicyclic) bond motifs is 1. The van der Waals surface area contributed by atoms with Gasteiger partial charge in [0.25, 0.3) is 0 Å². The van der Waals surface area contributed by atoms with Gasteiger partial charge in [-0.1, -0.05) is 12.7 Å². The zero-order chi connectivity index (χ0) is 12.4. The fraction of sp³-hybridized carbons (Fsp3) is 0.0769. The highest BCUT2D eigenvalue weighted by molar-refractivity contribution is 5.90. The SMILES string of the molecule is C=C(/C(F)=C\C)c1cc(N)c2cccnc2n1. The van der Waals surface area contributed by atoms with Gasteiger partial charge in [-0.2, -0.15) is 0 Å². The average molecular weight is 229 g/mol. The molecule has 17 heavy (non-hydrogen) atoms. The van der Waals surface area contributed by atoms with Crippen molar-refractivity contribution in [1.82, 2.24) is 9.97 Å². The molecular weight excluding hydrogens is 217 g/mol. The van der Waals surface area contributed by atoms with Crippen LogP contribution in [0.5, 0.6) is 0 Å². The Morgan fingerprint density at radius 2 is 2.29 bits per heavy atom. The number of rotatable bonds is 2. The van der Waals surface area contributed by atoms with Crippen molar-refractivity contribution in [2.75, 3.05) is 5.73 Å². The van der Waals surface area contributed by atoms with E-state index in [1.54, 1.807) is 25.3 Å². The Hall–Kier alpha value is -2.23. The molecule has 0 spiro atoms. The molecule has 2 rings (SSSR count). The molecule has 2 heterocycles. The molecule has 4 heteroatoms. The molecule has 0 fully saturated rings. The molecule has 0 radical (unpaired) electrons. The van der Waals surface area contributed by atoms with Crippen molar-refractivity contribution in [3.63, 3.8) is 0 Å². The number of pyridine rings is 2. The van der Waals surface area contributed by atoms with Crippen molar-refractivity contribution in [2.24, 2.45) is 0 Å². The minimum absolute atomic E-state index is 0.215. The Kier molecular flexibility index (Phi) is 2.87. The molecule has 0 aromatic carbocycles. The van der Waals surface area contributed by atoms with Crippen LogP contribution in [-0.2, 0) is 0 Å². The number of nitrogens with two attached hydrogens (primary N) is 1. The molecule has 0 aliphatic rings. The van der Waals surface area contributed by atoms with E-state index in [2.05, 4.69) is 16.5 Å². The molecule has 0 saturated heterocycles. The molecule has 0 aliphatic carbocycles. The Labute approximate surface area is 98.5 Å². The second-order valence-electron chi connectivity index (χ2n) is 3.59. The van der Waals surface area contributed by atoms with Gasteiger partial charge in [0.15, 0.2) is 5.65 Å². The van der Waals surface area contributed by atoms with Gasteiger partial charge in [0, 0.05) is 22.8 Å². The quantitative estimate of drug-likeness (QED) is 0.805. The van der Waals surface area contributed by atoms with Crippen molar-refractivity contribution in [1.29, 1.82) is 0 Å². The van der Waals surface area contributed by atoms with E-state index in [4.69, 9.17) is 5.73 Å². The van der Waals surface area contributed by atoms with Crippen LogP contribution >= 0.6 is 0 Å². The van der Waals surface area contributed by atoms with Gasteiger partial charge < -0.3 is 5.73 Å². The smallest absolute Gasteiger partial charge is 0.161 e. The van der Waals surface area contributed by atoms with Crippen molar-refractivity contribution < 1.29 is 4.39 Å². The minimum atomic E-state index is -0.410. The highest BCUT2D eigenvalue weighted by Gasteiger charge is 2.09. The van der Waals surface area contributed by atoms with E-state index in [0.717, 1.165) is 5.39 Å². The number of nitrogens with zero attached hydrogens (tertiary/aromatic N) is 2. The summed E-state index contributed by atoms with van der Waals surface area (Å²) in [7, 11) is 0. The van der Waals surface area contributed by atoms with Gasteiger partial charge in [-0.05, 0) is 25.1 Å². The Morgan fingerprint density at radius 3 is 3.00 bits per heavy atom. The van der Waals surface area contributed by atoms with E-state index in [9.17, 15) is 4.39 Å². The summed E-state index contributed by atoms with van der Waals surface area (Å²) in [4.78, 5) is 8.33. The summed E-state index contributed by atoms with van der Waals surface area (Å²) in [6, 6.07) is 5.21. The van der Waals surface area contributed by atoms with E-state index in [-0.39, 0.29) is 5.57 Å². The van der Waals surface area contributed by atoms with Crippen LogP contribution in [0.25, 0.3) is 16.6 Å². The van der Waals surface area contributed by atoms with Crippen molar-refractivity contribution in [3.8, 4) is 0 Å². The standard InChI is InChI=1S/C13H12FN3/c1-3-10(14)8(2)12-7-11(15)9-5-4-6-16-13(9)17-12/h3-7H,2H2,1H3,(H2,15,16,17)/b10-3+. The summed E-state index contributed by atoms with van der Waals surface area (Å²) in [6.07, 6.45) is 2.95. The molecule has 0 aliphatic heterocycles. The van der Waals surface area contributed by atoms with E-state index in [1.165, 1.54) is 6.08 Å². The van der Waals surface area contributed by atoms with Crippen LogP contribution in [0.2, 0.25) is 0 Å². The molecule has 2 aromatic heterocycles. The summed E-state index contributed by atoms with van der Waals surface area (Å²) in [5, 5.41) is 0.755. The van der Waals surface area contributed by atoms with Gasteiger partial charge >= 0.3 is 0 Å². The second-order valence-corrected chi connectivity index (χ2v) is 3.59. The lowest BCUT2D eigenvalue weighted by Crippen LogP contribution is -1.96. The third kappa shape index (κ3) is 2.01. The second kappa shape index (κ2) is 4.33. The maximum absolute atomic E-state index is 13.4. The summed E-state index contributed by atoms with van der Waals surface area (Å²) in [6.45, 7) is 5.25. The first-order valence-electron chi connectivity index (χ1n) is 5.16. The lowest BCUT2D eigenvalue weighted by molar-refractivity contribution is 0.671. The van der Waals surface area contributed by atoms with Crippen LogP contribution in [0.1, 0.15) is 12.6 Å². The molecule has 0 saturated carbocycles. The van der Waals surface area contributed by atoms with Gasteiger partial charge in [0.1, 0.15) is 5.83 Å². The molecule has 0 bridgehead atoms. The van der Waals surface area contributed by atoms with E-state index in [1.807, 2.05) is 6.07 Å². The molecule has 2 aromatic rings. The fourth-order valence-corrected chi connectivity index (χ4v) is 1.53. The Morgan fingerprint density at radius 1 is 1.53 bits per heavy atom. The van der Waals surface area contributed by atoms with Crippen LogP contribution in [0, 0.1) is 0 Å². The lowest BCUT2D eigenvalue weighted by atomic mass is 10.1. The lowest BCUT2D eigenvalue weighted by Gasteiger charge is -2.06. The average Bonchev–Trinajstić information content (AvgIpc) is 2.37. The van der Waals surface area contributed by atoms with E-state index in [0.29, 0.717) is 17.0 Å². The first-order chi connectivity index (χ1) is 8.13. The largest absolute Gasteiger partial charge is 0.398 e. The Bertz CT molecular complexity index is 617. The summed E-state index contributed by atoms with van der Waals surface area (Å²) in [5.74, 6) is -0.410. The predicted octanol–water partition coefficient (Wildman–Crippen LogP) is 3.10. The minimum Gasteiger partial charge on any atom is -0.398 e. The maximum Gasteiger partial charge on any atom is 0.161 e. The van der Waals surface area contributed by atoms with Crippen LogP contribution in [0.15, 0.2) is 42.9 Å². The fourth-order valence-electron chi connectivity index (χ4n) is 1.53. The summed E-state index contributed by atoms with van der Waals surface area (Å²) in [5.41, 5.74) is 7.50. The highest BCUT2D eigenvalue weighted by Crippen LogP contribution is 2.25. The van der Waals surface area contributed by atoms with E-state index < -0.39 is 5.83 Å². The third-order valence-corrected chi connectivity index (χ3v) is 2.47. The number of allylic oxidation sites excluding steroid dienone is 3. The number of hydrogen-bond acceptors (Lipinski definition) is 3. The molecule has 86 valence electrons. The highest BCUT2D eigenvalue weighted by atomic mass is 19.1. The topological polar surface area (TPSA) is 51.8 Å². The van der Waals surface area contributed by atoms with Gasteiger partial charge in [0.2, 0.25) is 0 Å². The van der Waals surface area contributed by atoms with Crippen molar-refractivity contribution in [3.05, 3.63) is 48.6 Å². The van der Waals surface area contributed by atoms with E-state index >= 15 is 0 Å². The first kappa shape index (κ1) is 11.3. The van der Waals surface area contributed by atoms with Crippen LogP contribution < -0.4 is 5.73 Å². The Balaban J connectivity index is 2.62. The van der Waals surface area contributed by atoms with Crippen LogP contribution in [-0.4, -0.2) is 9.97 Å². The first-order valence-corrected chi connectivity index (χ1v) is 5.16. The number of halogens is 1. The maximum atomic E-state index is 13.4. The molecule has 3 nitrogen and oxygen atoms in total.